The van der Waals surface area contributed by atoms with E-state index in [1.54, 1.807) is 23.5 Å². The molecule has 2 aromatic carbocycles. The minimum absolute atomic E-state index is 0.165. The molecule has 0 saturated carbocycles. The zero-order valence-electron chi connectivity index (χ0n) is 14.3. The first-order valence-corrected chi connectivity index (χ1v) is 9.58. The van der Waals surface area contributed by atoms with Crippen molar-refractivity contribution in [3.05, 3.63) is 71.0 Å². The van der Waals surface area contributed by atoms with E-state index in [-0.39, 0.29) is 11.7 Å². The van der Waals surface area contributed by atoms with Crippen molar-refractivity contribution < 1.29 is 9.18 Å². The average molecular weight is 366 g/mol. The summed E-state index contributed by atoms with van der Waals surface area (Å²) >= 11 is 1.66. The zero-order chi connectivity index (χ0) is 17.9. The van der Waals surface area contributed by atoms with Crippen LogP contribution in [-0.4, -0.2) is 28.9 Å². The summed E-state index contributed by atoms with van der Waals surface area (Å²) < 4.78 is 14.2. The van der Waals surface area contributed by atoms with E-state index in [2.05, 4.69) is 17.1 Å². The molecule has 1 aliphatic rings. The smallest absolute Gasteiger partial charge is 0.223 e. The van der Waals surface area contributed by atoms with Gasteiger partial charge in [-0.2, -0.15) is 0 Å². The molecule has 0 spiro atoms. The third kappa shape index (κ3) is 3.68. The summed E-state index contributed by atoms with van der Waals surface area (Å²) in [4.78, 5) is 19.0. The Morgan fingerprint density at radius 1 is 1.15 bits per heavy atom. The maximum absolute atomic E-state index is 13.0. The molecule has 5 heteroatoms. The molecule has 0 bridgehead atoms. The fourth-order valence-corrected chi connectivity index (χ4v) is 4.19. The number of para-hydroxylation sites is 1. The second kappa shape index (κ2) is 7.38. The van der Waals surface area contributed by atoms with Gasteiger partial charge in [0.05, 0.1) is 15.2 Å². The molecule has 0 saturated heterocycles. The van der Waals surface area contributed by atoms with E-state index in [0.29, 0.717) is 25.9 Å². The van der Waals surface area contributed by atoms with E-state index in [0.717, 1.165) is 22.5 Å². The lowest BCUT2D eigenvalue weighted by Gasteiger charge is -2.26. The largest absolute Gasteiger partial charge is 0.339 e. The molecule has 1 aliphatic heterocycles. The fourth-order valence-electron chi connectivity index (χ4n) is 3.22. The second-order valence-corrected chi connectivity index (χ2v) is 7.52. The van der Waals surface area contributed by atoms with Gasteiger partial charge in [-0.3, -0.25) is 4.79 Å². The molecule has 0 radical (unpaired) electrons. The monoisotopic (exact) mass is 366 g/mol. The fraction of sp³-hybridized carbons (Fsp3) is 0.238. The van der Waals surface area contributed by atoms with Crippen LogP contribution in [-0.2, 0) is 11.2 Å². The highest BCUT2D eigenvalue weighted by atomic mass is 32.1. The van der Waals surface area contributed by atoms with E-state index < -0.39 is 0 Å². The summed E-state index contributed by atoms with van der Waals surface area (Å²) in [7, 11) is 0. The van der Waals surface area contributed by atoms with E-state index in [9.17, 15) is 9.18 Å². The topological polar surface area (TPSA) is 33.2 Å². The molecule has 1 amide bonds. The van der Waals surface area contributed by atoms with Crippen LogP contribution in [0.2, 0.25) is 0 Å². The molecule has 132 valence electrons. The molecule has 3 nitrogen and oxygen atoms in total. The highest BCUT2D eigenvalue weighted by Crippen LogP contribution is 2.25. The molecule has 0 aliphatic carbocycles. The van der Waals surface area contributed by atoms with Crippen molar-refractivity contribution in [3.8, 4) is 0 Å². The quantitative estimate of drug-likeness (QED) is 0.671. The summed E-state index contributed by atoms with van der Waals surface area (Å²) in [5.74, 6) is -0.0597. The number of hydrogen-bond donors (Lipinski definition) is 0. The molecular weight excluding hydrogens is 347 g/mol. The Labute approximate surface area is 155 Å². The Hall–Kier alpha value is -2.53. The molecule has 2 heterocycles. The van der Waals surface area contributed by atoms with Gasteiger partial charge >= 0.3 is 0 Å². The number of thiazole rings is 1. The van der Waals surface area contributed by atoms with Gasteiger partial charge in [-0.25, -0.2) is 9.37 Å². The van der Waals surface area contributed by atoms with Gasteiger partial charge in [-0.1, -0.05) is 30.3 Å². The van der Waals surface area contributed by atoms with Crippen LogP contribution in [0.25, 0.3) is 15.8 Å². The van der Waals surface area contributed by atoms with Crippen LogP contribution in [0.4, 0.5) is 4.39 Å². The summed E-state index contributed by atoms with van der Waals surface area (Å²) in [6.45, 7) is 1.33. The Balaban J connectivity index is 1.35. The van der Waals surface area contributed by atoms with Gasteiger partial charge in [0.2, 0.25) is 5.91 Å². The van der Waals surface area contributed by atoms with Crippen LogP contribution in [0.15, 0.2) is 54.6 Å². The number of aromatic nitrogens is 1. The summed E-state index contributed by atoms with van der Waals surface area (Å²) in [6.07, 6.45) is 4.05. The lowest BCUT2D eigenvalue weighted by Crippen LogP contribution is -2.34. The number of rotatable bonds is 4. The number of amides is 1. The SMILES string of the molecule is O=C(CCc1nc2ccccc2s1)N1CC=C(c2ccc(F)cc2)CC1. The predicted octanol–water partition coefficient (Wildman–Crippen LogP) is 4.68. The second-order valence-electron chi connectivity index (χ2n) is 6.40. The van der Waals surface area contributed by atoms with Crippen LogP contribution in [0.3, 0.4) is 0 Å². The minimum Gasteiger partial charge on any atom is -0.339 e. The predicted molar refractivity (Wildman–Crippen MR) is 104 cm³/mol. The van der Waals surface area contributed by atoms with Gasteiger partial charge in [0.1, 0.15) is 5.82 Å². The molecule has 0 atom stereocenters. The molecule has 0 N–H and O–H groups in total. The minimum atomic E-state index is -0.225. The Kier molecular flexibility index (Phi) is 4.80. The van der Waals surface area contributed by atoms with Crippen molar-refractivity contribution in [3.63, 3.8) is 0 Å². The number of fused-ring (bicyclic) bond motifs is 1. The number of hydrogen-bond acceptors (Lipinski definition) is 3. The van der Waals surface area contributed by atoms with Crippen LogP contribution in [0.5, 0.6) is 0 Å². The number of nitrogens with zero attached hydrogens (tertiary/aromatic N) is 2. The number of aryl methyl sites for hydroxylation is 1. The van der Waals surface area contributed by atoms with E-state index in [4.69, 9.17) is 0 Å². The summed E-state index contributed by atoms with van der Waals surface area (Å²) in [5, 5.41) is 1.01. The highest BCUT2D eigenvalue weighted by molar-refractivity contribution is 7.18. The first-order chi connectivity index (χ1) is 12.7. The van der Waals surface area contributed by atoms with Crippen molar-refractivity contribution >= 4 is 33.0 Å². The first kappa shape index (κ1) is 16.9. The van der Waals surface area contributed by atoms with Crippen LogP contribution >= 0.6 is 11.3 Å². The van der Waals surface area contributed by atoms with Crippen molar-refractivity contribution in [2.45, 2.75) is 19.3 Å². The van der Waals surface area contributed by atoms with Crippen LogP contribution < -0.4 is 0 Å². The zero-order valence-corrected chi connectivity index (χ0v) is 15.1. The van der Waals surface area contributed by atoms with E-state index >= 15 is 0 Å². The maximum atomic E-state index is 13.0. The third-order valence-corrected chi connectivity index (χ3v) is 5.76. The van der Waals surface area contributed by atoms with E-state index in [1.807, 2.05) is 23.1 Å². The van der Waals surface area contributed by atoms with Gasteiger partial charge in [0.15, 0.2) is 0 Å². The average Bonchev–Trinajstić information content (AvgIpc) is 3.10. The summed E-state index contributed by atoms with van der Waals surface area (Å²) in [6, 6.07) is 14.6. The van der Waals surface area contributed by atoms with Crippen molar-refractivity contribution in [1.82, 2.24) is 9.88 Å². The van der Waals surface area contributed by atoms with Crippen molar-refractivity contribution in [2.75, 3.05) is 13.1 Å². The van der Waals surface area contributed by atoms with Crippen LogP contribution in [0, 0.1) is 5.82 Å². The number of halogens is 1. The molecule has 26 heavy (non-hydrogen) atoms. The Bertz CT molecular complexity index is 929. The lowest BCUT2D eigenvalue weighted by molar-refractivity contribution is -0.130. The summed E-state index contributed by atoms with van der Waals surface area (Å²) in [5.41, 5.74) is 3.22. The lowest BCUT2D eigenvalue weighted by atomic mass is 9.99. The molecule has 0 unspecified atom stereocenters. The van der Waals surface area contributed by atoms with Gasteiger partial charge in [0.25, 0.3) is 0 Å². The highest BCUT2D eigenvalue weighted by Gasteiger charge is 2.18. The molecule has 4 rings (SSSR count). The van der Waals surface area contributed by atoms with Crippen LogP contribution in [0.1, 0.15) is 23.4 Å². The number of benzene rings is 2. The molecule has 1 aromatic heterocycles. The normalized spacial score (nSPS) is 14.5. The standard InChI is InChI=1S/C21H19FN2OS/c22-17-7-5-15(6-8-17)16-11-13-24(14-12-16)21(25)10-9-20-23-18-3-1-2-4-19(18)26-20/h1-8,11H,9-10,12-14H2. The van der Waals surface area contributed by atoms with Crippen molar-refractivity contribution in [2.24, 2.45) is 0 Å². The number of carbonyl (C=O) groups is 1. The Morgan fingerprint density at radius 3 is 2.69 bits per heavy atom. The van der Waals surface area contributed by atoms with Gasteiger partial charge in [-0.15, -0.1) is 11.3 Å². The number of carbonyl (C=O) groups excluding carboxylic acids is 1. The maximum Gasteiger partial charge on any atom is 0.223 e. The van der Waals surface area contributed by atoms with Gasteiger partial charge < -0.3 is 4.90 Å². The molecule has 0 fully saturated rings. The van der Waals surface area contributed by atoms with Crippen molar-refractivity contribution in [1.29, 1.82) is 0 Å². The Morgan fingerprint density at radius 2 is 1.96 bits per heavy atom. The van der Waals surface area contributed by atoms with Gasteiger partial charge in [0, 0.05) is 25.9 Å². The van der Waals surface area contributed by atoms with E-state index in [1.165, 1.54) is 22.4 Å². The molecular formula is C21H19FN2OS. The van der Waals surface area contributed by atoms with Gasteiger partial charge in [-0.05, 0) is 41.8 Å². The third-order valence-electron chi connectivity index (χ3n) is 4.67. The molecule has 3 aromatic rings. The first-order valence-electron chi connectivity index (χ1n) is 8.76.